The number of hydrogen-bond acceptors (Lipinski definition) is 2. The van der Waals surface area contributed by atoms with Crippen molar-refractivity contribution in [3.05, 3.63) is 65.2 Å². The molecule has 4 radical (unpaired) electrons. The average molecular weight is 549 g/mol. The van der Waals surface area contributed by atoms with Crippen molar-refractivity contribution in [3.8, 4) is 22.8 Å². The van der Waals surface area contributed by atoms with Crippen molar-refractivity contribution in [2.75, 3.05) is 0 Å². The summed E-state index contributed by atoms with van der Waals surface area (Å²) in [6.07, 6.45) is 2.85. The van der Waals surface area contributed by atoms with Gasteiger partial charge in [-0.2, -0.15) is 0 Å². The zero-order chi connectivity index (χ0) is 30.4. The first-order valence-corrected chi connectivity index (χ1v) is 15.2. The molecule has 2 heterocycles. The first-order chi connectivity index (χ1) is 19.5. The van der Waals surface area contributed by atoms with Gasteiger partial charge in [0.1, 0.15) is 27.2 Å². The maximum atomic E-state index is 6.92. The fraction of sp³-hybridized carbons (Fsp3) is 0.395. The Balaban J connectivity index is 1.68. The van der Waals surface area contributed by atoms with E-state index in [-0.39, 0.29) is 16.2 Å². The lowest BCUT2D eigenvalue weighted by atomic mass is 9.77. The van der Waals surface area contributed by atoms with Crippen LogP contribution in [0.2, 0.25) is 0 Å². The van der Waals surface area contributed by atoms with E-state index in [2.05, 4.69) is 111 Å². The third-order valence-electron chi connectivity index (χ3n) is 8.09. The van der Waals surface area contributed by atoms with E-state index in [1.807, 2.05) is 0 Å². The molecule has 4 heteroatoms. The number of nitrogens with zero attached hydrogens (tertiary/aromatic N) is 1. The molecular weight excluding hydrogens is 508 g/mol. The van der Waals surface area contributed by atoms with Gasteiger partial charge in [0.15, 0.2) is 0 Å². The van der Waals surface area contributed by atoms with Crippen LogP contribution in [-0.2, 0) is 19.3 Å². The maximum Gasteiger partial charge on any atom is 0.140 e. The van der Waals surface area contributed by atoms with Crippen LogP contribution < -0.4 is 15.8 Å². The van der Waals surface area contributed by atoms with Gasteiger partial charge in [-0.1, -0.05) is 104 Å². The Hall–Kier alpha value is -3.26. The van der Waals surface area contributed by atoms with Crippen molar-refractivity contribution < 1.29 is 4.74 Å². The molecule has 5 aromatic rings. The van der Waals surface area contributed by atoms with Crippen LogP contribution in [0.3, 0.4) is 0 Å². The summed E-state index contributed by atoms with van der Waals surface area (Å²) in [5.74, 6) is 1.68. The molecule has 42 heavy (non-hydrogen) atoms. The number of benzene rings is 4. The zero-order valence-electron chi connectivity index (χ0n) is 26.8. The van der Waals surface area contributed by atoms with Crippen LogP contribution in [0.15, 0.2) is 48.5 Å². The van der Waals surface area contributed by atoms with Crippen LogP contribution in [0.4, 0.5) is 0 Å². The van der Waals surface area contributed by atoms with Crippen LogP contribution in [-0.4, -0.2) is 20.7 Å². The third-order valence-corrected chi connectivity index (χ3v) is 8.09. The van der Waals surface area contributed by atoms with Gasteiger partial charge in [-0.3, -0.25) is 4.98 Å². The zero-order valence-corrected chi connectivity index (χ0v) is 26.8. The highest BCUT2D eigenvalue weighted by Gasteiger charge is 2.30. The highest BCUT2D eigenvalue weighted by molar-refractivity contribution is 6.54. The Morgan fingerprint density at radius 3 is 1.90 bits per heavy atom. The Kier molecular flexibility index (Phi) is 6.61. The van der Waals surface area contributed by atoms with Crippen molar-refractivity contribution in [3.63, 3.8) is 0 Å². The van der Waals surface area contributed by atoms with Gasteiger partial charge >= 0.3 is 0 Å². The minimum atomic E-state index is 0.0610. The van der Waals surface area contributed by atoms with Gasteiger partial charge in [0.05, 0.1) is 11.1 Å². The summed E-state index contributed by atoms with van der Waals surface area (Å²) in [7, 11) is 13.3. The number of fused-ring (bicyclic) bond motifs is 5. The van der Waals surface area contributed by atoms with Crippen molar-refractivity contribution in [1.82, 2.24) is 4.98 Å². The van der Waals surface area contributed by atoms with Gasteiger partial charge in [0.2, 0.25) is 0 Å². The summed E-state index contributed by atoms with van der Waals surface area (Å²) < 4.78 is 6.92. The normalized spacial score (nSPS) is 13.5. The molecule has 0 saturated heterocycles. The van der Waals surface area contributed by atoms with Gasteiger partial charge in [0, 0.05) is 11.1 Å². The number of rotatable bonds is 3. The summed E-state index contributed by atoms with van der Waals surface area (Å²) in [5, 5.41) is 6.51. The fourth-order valence-corrected chi connectivity index (χ4v) is 6.64. The molecule has 0 amide bonds. The molecule has 0 unspecified atom stereocenters. The highest BCUT2D eigenvalue weighted by atomic mass is 16.5. The van der Waals surface area contributed by atoms with E-state index in [1.165, 1.54) is 27.5 Å². The molecule has 2 nitrogen and oxygen atoms in total. The molecule has 1 aromatic heterocycles. The average Bonchev–Trinajstić information content (AvgIpc) is 2.84. The third kappa shape index (κ3) is 5.34. The predicted molar refractivity (Wildman–Crippen MR) is 183 cm³/mol. The lowest BCUT2D eigenvalue weighted by molar-refractivity contribution is 0.400. The van der Waals surface area contributed by atoms with Crippen LogP contribution in [0.25, 0.3) is 43.6 Å². The first-order valence-electron chi connectivity index (χ1n) is 15.2. The van der Waals surface area contributed by atoms with Gasteiger partial charge in [-0.15, -0.1) is 0 Å². The van der Waals surface area contributed by atoms with Gasteiger partial charge in [-0.05, 0) is 91.3 Å². The topological polar surface area (TPSA) is 22.1 Å². The molecular formula is C38H41B2NO. The maximum absolute atomic E-state index is 6.92. The molecule has 1 aliphatic rings. The summed E-state index contributed by atoms with van der Waals surface area (Å²) in [6, 6.07) is 18.0. The second-order valence-corrected chi connectivity index (χ2v) is 16.0. The Morgan fingerprint density at radius 2 is 1.26 bits per heavy atom. The van der Waals surface area contributed by atoms with Crippen LogP contribution in [0.1, 0.15) is 79.0 Å². The highest BCUT2D eigenvalue weighted by Crippen LogP contribution is 2.51. The molecule has 210 valence electrons. The summed E-state index contributed by atoms with van der Waals surface area (Å²) in [6.45, 7) is 20.5. The molecule has 0 bridgehead atoms. The molecule has 0 aliphatic carbocycles. The van der Waals surface area contributed by atoms with Crippen LogP contribution in [0, 0.1) is 16.2 Å². The molecule has 6 rings (SSSR count). The fourth-order valence-electron chi connectivity index (χ4n) is 6.64. The van der Waals surface area contributed by atoms with Crippen LogP contribution in [0.5, 0.6) is 11.5 Å². The van der Waals surface area contributed by atoms with Crippen LogP contribution >= 0.6 is 0 Å². The smallest absolute Gasteiger partial charge is 0.140 e. The monoisotopic (exact) mass is 549 g/mol. The van der Waals surface area contributed by atoms with Gasteiger partial charge in [-0.25, -0.2) is 0 Å². The summed E-state index contributed by atoms with van der Waals surface area (Å²) in [5.41, 5.74) is 6.99. The molecule has 0 saturated carbocycles. The molecule has 0 N–H and O–H groups in total. The quantitative estimate of drug-likeness (QED) is 0.163. The van der Waals surface area contributed by atoms with E-state index in [0.717, 1.165) is 63.6 Å². The van der Waals surface area contributed by atoms with Crippen molar-refractivity contribution in [2.45, 2.75) is 81.6 Å². The van der Waals surface area contributed by atoms with Crippen molar-refractivity contribution in [2.24, 2.45) is 16.2 Å². The lowest BCUT2D eigenvalue weighted by Gasteiger charge is -2.29. The molecule has 0 atom stereocenters. The number of hydrogen-bond donors (Lipinski definition) is 0. The molecule has 0 fully saturated rings. The van der Waals surface area contributed by atoms with Gasteiger partial charge in [0.25, 0.3) is 0 Å². The largest absolute Gasteiger partial charge is 0.456 e. The van der Waals surface area contributed by atoms with Gasteiger partial charge < -0.3 is 4.74 Å². The Morgan fingerprint density at radius 1 is 0.643 bits per heavy atom. The van der Waals surface area contributed by atoms with E-state index in [1.54, 1.807) is 0 Å². The minimum Gasteiger partial charge on any atom is -0.456 e. The second kappa shape index (κ2) is 9.63. The minimum absolute atomic E-state index is 0.0610. The number of pyridine rings is 1. The van der Waals surface area contributed by atoms with E-state index in [4.69, 9.17) is 25.4 Å². The summed E-state index contributed by atoms with van der Waals surface area (Å²) >= 11 is 0. The standard InChI is InChI=1S/C38H41B2NO/c1-36(2,3)18-21-11-13-25-24(14-21)16-27-33-31-29(42-34(27)28(25)20-38(7,8)9)17-23-12-10-22(19-37(4,5)6)15-26(23)30(31)32(39)35(40)41-33/h10-17H,18-20H2,1-9H3. The molecule has 4 aromatic carbocycles. The summed E-state index contributed by atoms with van der Waals surface area (Å²) in [4.78, 5) is 4.96. The first kappa shape index (κ1) is 28.8. The Labute approximate surface area is 254 Å². The lowest BCUT2D eigenvalue weighted by Crippen LogP contribution is -2.31. The number of ether oxygens (including phenoxy) is 1. The Bertz CT molecular complexity index is 1900. The van der Waals surface area contributed by atoms with Crippen molar-refractivity contribution in [1.29, 1.82) is 0 Å². The van der Waals surface area contributed by atoms with E-state index in [0.29, 0.717) is 11.1 Å². The van der Waals surface area contributed by atoms with E-state index in [9.17, 15) is 0 Å². The van der Waals surface area contributed by atoms with E-state index >= 15 is 0 Å². The second-order valence-electron chi connectivity index (χ2n) is 16.0. The predicted octanol–water partition coefficient (Wildman–Crippen LogP) is 8.67. The molecule has 0 spiro atoms. The van der Waals surface area contributed by atoms with E-state index < -0.39 is 0 Å². The molecule has 1 aliphatic heterocycles. The van der Waals surface area contributed by atoms with Crippen molar-refractivity contribution >= 4 is 59.1 Å². The SMILES string of the molecule is [B]c1nc2c3c(cc4ccc(CC(C)(C)C)cc4c3c1[B])Oc1c-2cc2cc(CC(C)(C)C)ccc2c1CC(C)(C)C. The number of aromatic nitrogens is 1.